The number of para-hydroxylation sites is 1. The molecule has 0 amide bonds. The summed E-state index contributed by atoms with van der Waals surface area (Å²) < 4.78 is 43.4. The van der Waals surface area contributed by atoms with Gasteiger partial charge in [-0.2, -0.15) is 13.2 Å². The number of benzene rings is 1. The monoisotopic (exact) mass is 245 g/mol. The minimum Gasteiger partial charge on any atom is -0.490 e. The van der Waals surface area contributed by atoms with Gasteiger partial charge in [-0.05, 0) is 37.4 Å². The number of ether oxygens (including phenoxy) is 1. The van der Waals surface area contributed by atoms with Crippen LogP contribution in [0.15, 0.2) is 24.3 Å². The molecule has 1 aliphatic carbocycles. The zero-order valence-corrected chi connectivity index (χ0v) is 9.20. The summed E-state index contributed by atoms with van der Waals surface area (Å²) in [5.74, 6) is 0.304. The van der Waals surface area contributed by atoms with Crippen LogP contribution in [0.25, 0.3) is 0 Å². The predicted octanol–water partition coefficient (Wildman–Crippen LogP) is 2.82. The van der Waals surface area contributed by atoms with Gasteiger partial charge in [-0.1, -0.05) is 12.1 Å². The summed E-state index contributed by atoms with van der Waals surface area (Å²) in [6, 6.07) is 5.30. The maximum absolute atomic E-state index is 12.7. The Balaban J connectivity index is 2.06. The fourth-order valence-electron chi connectivity index (χ4n) is 1.95. The van der Waals surface area contributed by atoms with E-state index in [1.807, 2.05) is 0 Å². The van der Waals surface area contributed by atoms with Gasteiger partial charge < -0.3 is 10.5 Å². The van der Waals surface area contributed by atoms with Gasteiger partial charge in [0.1, 0.15) is 5.75 Å². The fourth-order valence-corrected chi connectivity index (χ4v) is 1.95. The van der Waals surface area contributed by atoms with Gasteiger partial charge in [0.15, 0.2) is 0 Å². The van der Waals surface area contributed by atoms with Gasteiger partial charge in [-0.15, -0.1) is 0 Å². The van der Waals surface area contributed by atoms with E-state index in [0.717, 1.165) is 18.9 Å². The second-order valence-electron chi connectivity index (χ2n) is 4.31. The van der Waals surface area contributed by atoms with Crippen LogP contribution in [0.2, 0.25) is 0 Å². The third kappa shape index (κ3) is 2.72. The average Bonchev–Trinajstić information content (AvgIpc) is 2.22. The minimum atomic E-state index is -4.37. The van der Waals surface area contributed by atoms with E-state index in [2.05, 4.69) is 0 Å². The lowest BCUT2D eigenvalue weighted by molar-refractivity contribution is -0.139. The average molecular weight is 245 g/mol. The van der Waals surface area contributed by atoms with Crippen molar-refractivity contribution < 1.29 is 17.9 Å². The molecule has 0 unspecified atom stereocenters. The summed E-state index contributed by atoms with van der Waals surface area (Å²) >= 11 is 0. The SMILES string of the molecule is NCC1CC(Oc2ccccc2C(F)(F)F)C1. The summed E-state index contributed by atoms with van der Waals surface area (Å²) in [4.78, 5) is 0. The van der Waals surface area contributed by atoms with Gasteiger partial charge >= 0.3 is 6.18 Å². The summed E-state index contributed by atoms with van der Waals surface area (Å²) in [5, 5.41) is 0. The second kappa shape index (κ2) is 4.56. The van der Waals surface area contributed by atoms with E-state index in [-0.39, 0.29) is 11.9 Å². The summed E-state index contributed by atoms with van der Waals surface area (Å²) in [5.41, 5.74) is 4.74. The van der Waals surface area contributed by atoms with Gasteiger partial charge in [0, 0.05) is 0 Å². The Morgan fingerprint density at radius 1 is 1.24 bits per heavy atom. The van der Waals surface area contributed by atoms with Crippen LogP contribution in [0.5, 0.6) is 5.75 Å². The highest BCUT2D eigenvalue weighted by Crippen LogP contribution is 2.38. The molecule has 0 radical (unpaired) electrons. The van der Waals surface area contributed by atoms with Crippen LogP contribution in [0.4, 0.5) is 13.2 Å². The van der Waals surface area contributed by atoms with Crippen LogP contribution in [0, 0.1) is 5.92 Å². The highest BCUT2D eigenvalue weighted by atomic mass is 19.4. The van der Waals surface area contributed by atoms with Crippen LogP contribution in [0.3, 0.4) is 0 Å². The molecule has 0 aromatic heterocycles. The van der Waals surface area contributed by atoms with Crippen LogP contribution in [-0.4, -0.2) is 12.6 Å². The number of halogens is 3. The zero-order chi connectivity index (χ0) is 12.5. The molecule has 0 bridgehead atoms. The lowest BCUT2D eigenvalue weighted by Crippen LogP contribution is -2.38. The van der Waals surface area contributed by atoms with E-state index < -0.39 is 11.7 Å². The van der Waals surface area contributed by atoms with E-state index >= 15 is 0 Å². The molecule has 0 heterocycles. The first-order valence-electron chi connectivity index (χ1n) is 5.53. The van der Waals surface area contributed by atoms with Crippen LogP contribution in [0.1, 0.15) is 18.4 Å². The van der Waals surface area contributed by atoms with E-state index in [0.29, 0.717) is 12.5 Å². The largest absolute Gasteiger partial charge is 0.490 e. The van der Waals surface area contributed by atoms with Crippen molar-refractivity contribution >= 4 is 0 Å². The first-order chi connectivity index (χ1) is 8.00. The molecular formula is C12H14F3NO. The van der Waals surface area contributed by atoms with Gasteiger partial charge in [0.2, 0.25) is 0 Å². The molecule has 1 aliphatic rings. The molecule has 0 saturated heterocycles. The van der Waals surface area contributed by atoms with Gasteiger partial charge in [0.05, 0.1) is 11.7 Å². The number of hydrogen-bond acceptors (Lipinski definition) is 2. The maximum Gasteiger partial charge on any atom is 0.419 e. The molecule has 0 aliphatic heterocycles. The molecule has 1 aromatic carbocycles. The number of rotatable bonds is 3. The van der Waals surface area contributed by atoms with E-state index in [1.54, 1.807) is 6.07 Å². The van der Waals surface area contributed by atoms with Crippen molar-refractivity contribution in [3.8, 4) is 5.75 Å². The standard InChI is InChI=1S/C12H14F3NO/c13-12(14,15)10-3-1-2-4-11(10)17-9-5-8(6-9)7-16/h1-4,8-9H,5-7,16H2. The molecule has 1 aromatic rings. The van der Waals surface area contributed by atoms with Gasteiger partial charge in [0.25, 0.3) is 0 Å². The molecule has 17 heavy (non-hydrogen) atoms. The molecule has 1 saturated carbocycles. The first-order valence-corrected chi connectivity index (χ1v) is 5.53. The topological polar surface area (TPSA) is 35.2 Å². The van der Waals surface area contributed by atoms with E-state index in [9.17, 15) is 13.2 Å². The molecule has 2 rings (SSSR count). The number of nitrogens with two attached hydrogens (primary N) is 1. The van der Waals surface area contributed by atoms with Crippen LogP contribution < -0.4 is 10.5 Å². The highest BCUT2D eigenvalue weighted by molar-refractivity contribution is 5.35. The predicted molar refractivity (Wildman–Crippen MR) is 57.6 cm³/mol. The molecule has 0 atom stereocenters. The lowest BCUT2D eigenvalue weighted by Gasteiger charge is -2.35. The molecular weight excluding hydrogens is 231 g/mol. The Kier molecular flexibility index (Phi) is 3.28. The molecule has 94 valence electrons. The maximum atomic E-state index is 12.7. The Bertz CT molecular complexity index is 386. The van der Waals surface area contributed by atoms with Gasteiger partial charge in [-0.3, -0.25) is 0 Å². The normalized spacial score (nSPS) is 24.2. The summed E-state index contributed by atoms with van der Waals surface area (Å²) in [6.45, 7) is 0.570. The quantitative estimate of drug-likeness (QED) is 0.888. The van der Waals surface area contributed by atoms with Crippen molar-refractivity contribution in [1.29, 1.82) is 0 Å². The van der Waals surface area contributed by atoms with Crippen molar-refractivity contribution in [2.24, 2.45) is 11.7 Å². The van der Waals surface area contributed by atoms with Gasteiger partial charge in [-0.25, -0.2) is 0 Å². The molecule has 1 fully saturated rings. The number of hydrogen-bond donors (Lipinski definition) is 1. The third-order valence-corrected chi connectivity index (χ3v) is 3.01. The summed E-state index contributed by atoms with van der Waals surface area (Å²) in [6.07, 6.45) is -3.02. The first kappa shape index (κ1) is 12.2. The Morgan fingerprint density at radius 3 is 2.47 bits per heavy atom. The summed E-state index contributed by atoms with van der Waals surface area (Å²) in [7, 11) is 0. The van der Waals surface area contributed by atoms with Crippen LogP contribution >= 0.6 is 0 Å². The Labute approximate surface area is 97.6 Å². The van der Waals surface area contributed by atoms with Crippen molar-refractivity contribution in [3.05, 3.63) is 29.8 Å². The zero-order valence-electron chi connectivity index (χ0n) is 9.20. The van der Waals surface area contributed by atoms with E-state index in [4.69, 9.17) is 10.5 Å². The Morgan fingerprint density at radius 2 is 1.88 bits per heavy atom. The fraction of sp³-hybridized carbons (Fsp3) is 0.500. The van der Waals surface area contributed by atoms with Crippen molar-refractivity contribution in [1.82, 2.24) is 0 Å². The molecule has 5 heteroatoms. The van der Waals surface area contributed by atoms with Crippen LogP contribution in [-0.2, 0) is 6.18 Å². The van der Waals surface area contributed by atoms with Crippen molar-refractivity contribution in [2.45, 2.75) is 25.1 Å². The smallest absolute Gasteiger partial charge is 0.419 e. The molecule has 2 nitrogen and oxygen atoms in total. The highest BCUT2D eigenvalue weighted by Gasteiger charge is 2.36. The minimum absolute atomic E-state index is 0.0829. The Hall–Kier alpha value is -1.23. The third-order valence-electron chi connectivity index (χ3n) is 3.01. The number of alkyl halides is 3. The second-order valence-corrected chi connectivity index (χ2v) is 4.31. The molecule has 2 N–H and O–H groups in total. The molecule has 0 spiro atoms. The lowest BCUT2D eigenvalue weighted by atomic mass is 9.82. The van der Waals surface area contributed by atoms with Crippen molar-refractivity contribution in [2.75, 3.05) is 6.54 Å². The van der Waals surface area contributed by atoms with Crippen molar-refractivity contribution in [3.63, 3.8) is 0 Å². The van der Waals surface area contributed by atoms with E-state index in [1.165, 1.54) is 12.1 Å².